The number of aromatic nitrogens is 4. The molecule has 1 saturated carbocycles. The molecule has 0 N–H and O–H groups in total. The summed E-state index contributed by atoms with van der Waals surface area (Å²) in [5, 5.41) is 7.81. The third-order valence-corrected chi connectivity index (χ3v) is 5.56. The van der Waals surface area contributed by atoms with Crippen LogP contribution in [-0.4, -0.2) is 39.7 Å². The van der Waals surface area contributed by atoms with E-state index in [2.05, 4.69) is 15.2 Å². The minimum Gasteiger partial charge on any atom is -0.339 e. The highest BCUT2D eigenvalue weighted by molar-refractivity contribution is 7.89. The maximum atomic E-state index is 12.5. The summed E-state index contributed by atoms with van der Waals surface area (Å²) in [7, 11) is -0.415. The number of hydrogen-bond donors (Lipinski definition) is 0. The van der Waals surface area contributed by atoms with E-state index in [0.717, 1.165) is 12.8 Å². The van der Waals surface area contributed by atoms with E-state index in [1.165, 1.54) is 22.2 Å². The van der Waals surface area contributed by atoms with Gasteiger partial charge >= 0.3 is 0 Å². The van der Waals surface area contributed by atoms with Crippen LogP contribution in [0.15, 0.2) is 15.6 Å². The van der Waals surface area contributed by atoms with E-state index >= 15 is 0 Å². The molecule has 0 amide bonds. The van der Waals surface area contributed by atoms with Crippen LogP contribution >= 0.6 is 0 Å². The quantitative estimate of drug-likeness (QED) is 0.811. The molecule has 0 aromatic carbocycles. The first kappa shape index (κ1) is 14.2. The second-order valence-corrected chi connectivity index (χ2v) is 7.32. The third kappa shape index (κ3) is 2.58. The molecular weight excluding hydrogens is 294 g/mol. The third-order valence-electron chi connectivity index (χ3n) is 3.65. The summed E-state index contributed by atoms with van der Waals surface area (Å²) in [5.74, 6) is 1.34. The van der Waals surface area contributed by atoms with E-state index in [1.807, 2.05) is 0 Å². The fourth-order valence-electron chi connectivity index (χ4n) is 2.01. The second-order valence-electron chi connectivity index (χ2n) is 5.30. The summed E-state index contributed by atoms with van der Waals surface area (Å²) in [4.78, 5) is 4.44. The van der Waals surface area contributed by atoms with Gasteiger partial charge in [-0.25, -0.2) is 8.42 Å². The maximum absolute atomic E-state index is 12.5. The molecule has 2 heterocycles. The van der Waals surface area contributed by atoms with Gasteiger partial charge in [0.25, 0.3) is 0 Å². The van der Waals surface area contributed by atoms with Gasteiger partial charge in [0, 0.05) is 20.0 Å². The van der Waals surface area contributed by atoms with Gasteiger partial charge in [-0.3, -0.25) is 4.68 Å². The Hall–Kier alpha value is -1.74. The number of rotatable bonds is 5. The van der Waals surface area contributed by atoms with E-state index in [1.54, 1.807) is 14.0 Å². The normalized spacial score (nSPS) is 15.8. The topological polar surface area (TPSA) is 94.1 Å². The average molecular weight is 311 g/mol. The summed E-state index contributed by atoms with van der Waals surface area (Å²) in [6, 6.07) is 0. The van der Waals surface area contributed by atoms with Crippen molar-refractivity contribution in [3.63, 3.8) is 0 Å². The van der Waals surface area contributed by atoms with Crippen molar-refractivity contribution in [2.45, 2.75) is 37.1 Å². The molecule has 0 bridgehead atoms. The van der Waals surface area contributed by atoms with Crippen molar-refractivity contribution in [1.29, 1.82) is 0 Å². The molecule has 0 unspecified atom stereocenters. The van der Waals surface area contributed by atoms with E-state index in [0.29, 0.717) is 23.3 Å². The summed E-state index contributed by atoms with van der Waals surface area (Å²) in [5.41, 5.74) is 0.591. The first-order valence-corrected chi connectivity index (χ1v) is 8.11. The predicted molar refractivity (Wildman–Crippen MR) is 72.9 cm³/mol. The van der Waals surface area contributed by atoms with Crippen LogP contribution in [0.25, 0.3) is 0 Å². The molecule has 3 rings (SSSR count). The van der Waals surface area contributed by atoms with Gasteiger partial charge < -0.3 is 4.52 Å². The molecular formula is C12H17N5O3S. The van der Waals surface area contributed by atoms with Crippen LogP contribution < -0.4 is 0 Å². The Morgan fingerprint density at radius 2 is 2.19 bits per heavy atom. The van der Waals surface area contributed by atoms with Crippen molar-refractivity contribution in [2.24, 2.45) is 7.05 Å². The van der Waals surface area contributed by atoms with Crippen molar-refractivity contribution >= 4 is 10.0 Å². The fraction of sp³-hybridized carbons (Fsp3) is 0.583. The smallest absolute Gasteiger partial charge is 0.246 e. The van der Waals surface area contributed by atoms with E-state index in [-0.39, 0.29) is 11.4 Å². The number of hydrogen-bond acceptors (Lipinski definition) is 6. The minimum atomic E-state index is -3.61. The highest BCUT2D eigenvalue weighted by Crippen LogP contribution is 2.38. The molecule has 0 spiro atoms. The van der Waals surface area contributed by atoms with Gasteiger partial charge in [0.2, 0.25) is 15.9 Å². The zero-order valence-electron chi connectivity index (χ0n) is 12.1. The molecule has 114 valence electrons. The molecule has 0 aliphatic heterocycles. The molecule has 2 aromatic heterocycles. The highest BCUT2D eigenvalue weighted by atomic mass is 32.2. The predicted octanol–water partition coefficient (Wildman–Crippen LogP) is 0.810. The van der Waals surface area contributed by atoms with E-state index in [9.17, 15) is 8.42 Å². The molecule has 1 aliphatic rings. The molecule has 21 heavy (non-hydrogen) atoms. The molecule has 0 atom stereocenters. The van der Waals surface area contributed by atoms with Crippen molar-refractivity contribution < 1.29 is 12.9 Å². The van der Waals surface area contributed by atoms with Gasteiger partial charge in [-0.15, -0.1) is 0 Å². The van der Waals surface area contributed by atoms with Crippen molar-refractivity contribution in [2.75, 3.05) is 7.05 Å². The van der Waals surface area contributed by atoms with E-state index < -0.39 is 10.0 Å². The Kier molecular flexibility index (Phi) is 3.33. The average Bonchev–Trinajstić information content (AvgIpc) is 3.09. The number of nitrogens with zero attached hydrogens (tertiary/aromatic N) is 5. The molecule has 0 saturated heterocycles. The SMILES string of the molecule is Cc1c(S(=O)(=O)N(C)Cc2noc(C3CC3)n2)cnn1C. The zero-order chi connectivity index (χ0) is 15.2. The molecule has 1 aliphatic carbocycles. The van der Waals surface area contributed by atoms with Gasteiger partial charge in [0.05, 0.1) is 18.4 Å². The van der Waals surface area contributed by atoms with Crippen molar-refractivity contribution in [3.05, 3.63) is 23.6 Å². The van der Waals surface area contributed by atoms with E-state index in [4.69, 9.17) is 4.52 Å². The lowest BCUT2D eigenvalue weighted by molar-refractivity contribution is 0.366. The van der Waals surface area contributed by atoms with Gasteiger partial charge in [-0.2, -0.15) is 14.4 Å². The fourth-order valence-corrected chi connectivity index (χ4v) is 3.32. The van der Waals surface area contributed by atoms with Crippen LogP contribution in [0.4, 0.5) is 0 Å². The van der Waals surface area contributed by atoms with Crippen LogP contribution in [0.2, 0.25) is 0 Å². The Balaban J connectivity index is 1.79. The maximum Gasteiger partial charge on any atom is 0.246 e. The van der Waals surface area contributed by atoms with Crippen LogP contribution in [0.1, 0.15) is 36.2 Å². The van der Waals surface area contributed by atoms with Gasteiger partial charge in [0.1, 0.15) is 4.90 Å². The van der Waals surface area contributed by atoms with Crippen LogP contribution in [-0.2, 0) is 23.6 Å². The lowest BCUT2D eigenvalue weighted by Crippen LogP contribution is -2.27. The molecule has 1 fully saturated rings. The van der Waals surface area contributed by atoms with Crippen molar-refractivity contribution in [3.8, 4) is 0 Å². The van der Waals surface area contributed by atoms with Crippen LogP contribution in [0.3, 0.4) is 0 Å². The van der Waals surface area contributed by atoms with Gasteiger partial charge in [-0.05, 0) is 19.8 Å². The Bertz CT molecular complexity index is 760. The van der Waals surface area contributed by atoms with Crippen LogP contribution in [0, 0.1) is 6.92 Å². The van der Waals surface area contributed by atoms with Crippen molar-refractivity contribution in [1.82, 2.24) is 24.2 Å². The molecule has 8 nitrogen and oxygen atoms in total. The lowest BCUT2D eigenvalue weighted by atomic mass is 10.4. The Morgan fingerprint density at radius 3 is 2.76 bits per heavy atom. The summed E-state index contributed by atoms with van der Waals surface area (Å²) >= 11 is 0. The Labute approximate surface area is 122 Å². The zero-order valence-corrected chi connectivity index (χ0v) is 13.0. The second kappa shape index (κ2) is 4.92. The van der Waals surface area contributed by atoms with Gasteiger partial charge in [-0.1, -0.05) is 5.16 Å². The monoisotopic (exact) mass is 311 g/mol. The standard InChI is InChI=1S/C12H17N5O3S/c1-8-10(6-13-17(8)3)21(18,19)16(2)7-11-14-12(20-15-11)9-4-5-9/h6,9H,4-5,7H2,1-3H3. The first-order valence-electron chi connectivity index (χ1n) is 6.67. The molecule has 2 aromatic rings. The number of sulfonamides is 1. The van der Waals surface area contributed by atoms with Crippen LogP contribution in [0.5, 0.6) is 0 Å². The Morgan fingerprint density at radius 1 is 1.48 bits per heavy atom. The highest BCUT2D eigenvalue weighted by Gasteiger charge is 2.31. The lowest BCUT2D eigenvalue weighted by Gasteiger charge is -2.14. The molecule has 9 heteroatoms. The van der Waals surface area contributed by atoms with Gasteiger partial charge in [0.15, 0.2) is 5.82 Å². The largest absolute Gasteiger partial charge is 0.339 e. The minimum absolute atomic E-state index is 0.0763. The first-order chi connectivity index (χ1) is 9.89. The number of aryl methyl sites for hydroxylation is 1. The molecule has 0 radical (unpaired) electrons. The summed E-state index contributed by atoms with van der Waals surface area (Å²) < 4.78 is 32.9. The summed E-state index contributed by atoms with van der Waals surface area (Å²) in [6.45, 7) is 1.79. The summed E-state index contributed by atoms with van der Waals surface area (Å²) in [6.07, 6.45) is 3.47.